The van der Waals surface area contributed by atoms with E-state index in [1.165, 1.54) is 20.0 Å². The molecular formula is C15H28N2O3. The third kappa shape index (κ3) is 6.37. The van der Waals surface area contributed by atoms with Gasteiger partial charge >= 0.3 is 5.97 Å². The first-order chi connectivity index (χ1) is 9.55. The molecule has 1 rings (SSSR count). The van der Waals surface area contributed by atoms with Crippen LogP contribution in [0.15, 0.2) is 0 Å². The highest BCUT2D eigenvalue weighted by atomic mass is 16.5. The van der Waals surface area contributed by atoms with Crippen molar-refractivity contribution in [3.05, 3.63) is 0 Å². The maximum atomic E-state index is 12.0. The van der Waals surface area contributed by atoms with Crippen LogP contribution >= 0.6 is 0 Å². The molecule has 1 aliphatic carbocycles. The molecule has 116 valence electrons. The van der Waals surface area contributed by atoms with E-state index in [-0.39, 0.29) is 25.0 Å². The van der Waals surface area contributed by atoms with E-state index in [0.29, 0.717) is 6.04 Å². The number of esters is 1. The van der Waals surface area contributed by atoms with Gasteiger partial charge in [-0.1, -0.05) is 13.8 Å². The Bertz CT molecular complexity index is 312. The first-order valence-corrected chi connectivity index (χ1v) is 7.63. The van der Waals surface area contributed by atoms with Crippen LogP contribution in [-0.4, -0.2) is 49.6 Å². The summed E-state index contributed by atoms with van der Waals surface area (Å²) < 4.78 is 4.66. The lowest BCUT2D eigenvalue weighted by Crippen LogP contribution is -2.44. The Balaban J connectivity index is 2.35. The lowest BCUT2D eigenvalue weighted by atomic mass is 9.87. The maximum Gasteiger partial charge on any atom is 0.319 e. The molecular weight excluding hydrogens is 256 g/mol. The van der Waals surface area contributed by atoms with Crippen LogP contribution in [0.5, 0.6) is 0 Å². The predicted molar refractivity (Wildman–Crippen MR) is 78.3 cm³/mol. The molecule has 5 nitrogen and oxygen atoms in total. The highest BCUT2D eigenvalue weighted by Gasteiger charge is 2.21. The average molecular weight is 284 g/mol. The normalized spacial score (nSPS) is 22.6. The fourth-order valence-electron chi connectivity index (χ4n) is 2.66. The fraction of sp³-hybridized carbons (Fsp3) is 0.867. The molecule has 0 atom stereocenters. The van der Waals surface area contributed by atoms with Crippen LogP contribution in [0.3, 0.4) is 0 Å². The van der Waals surface area contributed by atoms with Gasteiger partial charge in [0.1, 0.15) is 0 Å². The molecule has 0 aromatic carbocycles. The average Bonchev–Trinajstić information content (AvgIpc) is 2.41. The lowest BCUT2D eigenvalue weighted by Gasteiger charge is -2.28. The highest BCUT2D eigenvalue weighted by Crippen LogP contribution is 2.23. The van der Waals surface area contributed by atoms with Gasteiger partial charge in [-0.15, -0.1) is 0 Å². The number of ether oxygens (including phenoxy) is 1. The van der Waals surface area contributed by atoms with Gasteiger partial charge in [-0.05, 0) is 44.6 Å². The number of carbonyl (C=O) groups is 2. The summed E-state index contributed by atoms with van der Waals surface area (Å²) in [6.45, 7) is 5.47. The molecule has 20 heavy (non-hydrogen) atoms. The molecule has 5 heteroatoms. The zero-order valence-electron chi connectivity index (χ0n) is 13.0. The zero-order valence-corrected chi connectivity index (χ0v) is 13.0. The zero-order chi connectivity index (χ0) is 15.0. The molecule has 1 N–H and O–H groups in total. The standard InChI is InChI=1S/C15H28N2O3/c1-4-9-17(11-15(19)20-3)10-14(18)16-13-7-5-12(2)6-8-13/h12-13H,4-11H2,1-3H3,(H,16,18). The van der Waals surface area contributed by atoms with Crippen molar-refractivity contribution < 1.29 is 14.3 Å². The summed E-state index contributed by atoms with van der Waals surface area (Å²) in [5, 5.41) is 3.09. The van der Waals surface area contributed by atoms with E-state index in [1.54, 1.807) is 0 Å². The van der Waals surface area contributed by atoms with Crippen molar-refractivity contribution >= 4 is 11.9 Å². The topological polar surface area (TPSA) is 58.6 Å². The Hall–Kier alpha value is -1.10. The number of carbonyl (C=O) groups excluding carboxylic acids is 2. The molecule has 1 aliphatic rings. The van der Waals surface area contributed by atoms with Crippen molar-refractivity contribution in [1.82, 2.24) is 10.2 Å². The minimum absolute atomic E-state index is 0.0157. The van der Waals surface area contributed by atoms with Crippen LogP contribution in [-0.2, 0) is 14.3 Å². The lowest BCUT2D eigenvalue weighted by molar-refractivity contribution is -0.142. The summed E-state index contributed by atoms with van der Waals surface area (Å²) in [6, 6.07) is 0.306. The second-order valence-electron chi connectivity index (χ2n) is 5.81. The largest absolute Gasteiger partial charge is 0.468 e. The van der Waals surface area contributed by atoms with Gasteiger partial charge < -0.3 is 10.1 Å². The molecule has 0 aromatic rings. The van der Waals surface area contributed by atoms with Gasteiger partial charge in [-0.25, -0.2) is 0 Å². The highest BCUT2D eigenvalue weighted by molar-refractivity contribution is 5.79. The minimum Gasteiger partial charge on any atom is -0.468 e. The van der Waals surface area contributed by atoms with E-state index >= 15 is 0 Å². The molecule has 1 amide bonds. The number of nitrogens with zero attached hydrogens (tertiary/aromatic N) is 1. The molecule has 0 spiro atoms. The molecule has 0 saturated heterocycles. The number of amides is 1. The summed E-state index contributed by atoms with van der Waals surface area (Å²) in [7, 11) is 1.37. The van der Waals surface area contributed by atoms with Crippen LogP contribution in [0.4, 0.5) is 0 Å². The van der Waals surface area contributed by atoms with Gasteiger partial charge in [0.05, 0.1) is 20.2 Å². The Morgan fingerprint density at radius 2 is 1.85 bits per heavy atom. The van der Waals surface area contributed by atoms with Gasteiger partial charge in [-0.2, -0.15) is 0 Å². The molecule has 0 radical (unpaired) electrons. The first-order valence-electron chi connectivity index (χ1n) is 7.63. The molecule has 0 bridgehead atoms. The summed E-state index contributed by atoms with van der Waals surface area (Å²) in [5.41, 5.74) is 0. The second kappa shape index (κ2) is 8.95. The van der Waals surface area contributed by atoms with Gasteiger partial charge in [-0.3, -0.25) is 14.5 Å². The first kappa shape index (κ1) is 17.0. The van der Waals surface area contributed by atoms with Crippen molar-refractivity contribution in [1.29, 1.82) is 0 Å². The van der Waals surface area contributed by atoms with E-state index in [0.717, 1.165) is 31.7 Å². The number of hydrogen-bond donors (Lipinski definition) is 1. The number of rotatable bonds is 7. The van der Waals surface area contributed by atoms with E-state index in [4.69, 9.17) is 0 Å². The van der Waals surface area contributed by atoms with Crippen molar-refractivity contribution in [2.75, 3.05) is 26.7 Å². The summed E-state index contributed by atoms with van der Waals surface area (Å²) >= 11 is 0. The van der Waals surface area contributed by atoms with Gasteiger partial charge in [0, 0.05) is 6.04 Å². The predicted octanol–water partition coefficient (Wildman–Crippen LogP) is 1.57. The third-order valence-corrected chi connectivity index (χ3v) is 3.87. The number of methoxy groups -OCH3 is 1. The third-order valence-electron chi connectivity index (χ3n) is 3.87. The Morgan fingerprint density at radius 1 is 1.20 bits per heavy atom. The molecule has 0 unspecified atom stereocenters. The molecule has 0 heterocycles. The quantitative estimate of drug-likeness (QED) is 0.721. The van der Waals surface area contributed by atoms with Gasteiger partial charge in [0.2, 0.25) is 5.91 Å². The van der Waals surface area contributed by atoms with Crippen LogP contribution < -0.4 is 5.32 Å². The van der Waals surface area contributed by atoms with Gasteiger partial charge in [0.25, 0.3) is 0 Å². The SMILES string of the molecule is CCCN(CC(=O)NC1CCC(C)CC1)CC(=O)OC. The summed E-state index contributed by atoms with van der Waals surface area (Å²) in [4.78, 5) is 25.2. The molecule has 0 aromatic heterocycles. The van der Waals surface area contributed by atoms with Crippen molar-refractivity contribution in [3.63, 3.8) is 0 Å². The van der Waals surface area contributed by atoms with Crippen LogP contribution in [0, 0.1) is 5.92 Å². The van der Waals surface area contributed by atoms with E-state index < -0.39 is 0 Å². The fourth-order valence-corrected chi connectivity index (χ4v) is 2.66. The summed E-state index contributed by atoms with van der Waals surface area (Å²) in [6.07, 6.45) is 5.41. The molecule has 0 aliphatic heterocycles. The Morgan fingerprint density at radius 3 is 2.40 bits per heavy atom. The second-order valence-corrected chi connectivity index (χ2v) is 5.81. The Labute approximate surface area is 122 Å². The van der Waals surface area contributed by atoms with E-state index in [9.17, 15) is 9.59 Å². The molecule has 1 fully saturated rings. The van der Waals surface area contributed by atoms with Crippen LogP contribution in [0.2, 0.25) is 0 Å². The molecule has 1 saturated carbocycles. The smallest absolute Gasteiger partial charge is 0.319 e. The van der Waals surface area contributed by atoms with E-state index in [2.05, 4.69) is 17.0 Å². The van der Waals surface area contributed by atoms with Gasteiger partial charge in [0.15, 0.2) is 0 Å². The minimum atomic E-state index is -0.294. The number of hydrogen-bond acceptors (Lipinski definition) is 4. The summed E-state index contributed by atoms with van der Waals surface area (Å²) in [5.74, 6) is 0.499. The van der Waals surface area contributed by atoms with E-state index in [1.807, 2.05) is 11.8 Å². The van der Waals surface area contributed by atoms with Crippen LogP contribution in [0.1, 0.15) is 46.0 Å². The van der Waals surface area contributed by atoms with Crippen molar-refractivity contribution in [3.8, 4) is 0 Å². The van der Waals surface area contributed by atoms with Crippen molar-refractivity contribution in [2.24, 2.45) is 5.92 Å². The Kier molecular flexibility index (Phi) is 7.59. The number of nitrogens with one attached hydrogen (secondary N) is 1. The van der Waals surface area contributed by atoms with Crippen molar-refractivity contribution in [2.45, 2.75) is 52.0 Å². The monoisotopic (exact) mass is 284 g/mol. The maximum absolute atomic E-state index is 12.0. The van der Waals surface area contributed by atoms with Crippen LogP contribution in [0.25, 0.3) is 0 Å².